The quantitative estimate of drug-likeness (QED) is 0.520. The highest BCUT2D eigenvalue weighted by atomic mass is 29.6. The van der Waals surface area contributed by atoms with Crippen LogP contribution >= 0.6 is 0 Å². The molecule has 0 heterocycles. The second-order valence-electron chi connectivity index (χ2n) is 8.95. The molecule has 0 aliphatic rings. The Kier molecular flexibility index (Phi) is 7.05. The molecule has 0 aliphatic heterocycles. The first-order valence-electron chi connectivity index (χ1n) is 10.7. The second-order valence-corrected chi connectivity index (χ2v) is 17.7. The minimum absolute atomic E-state index is 0.762. The maximum absolute atomic E-state index is 2.39. The van der Waals surface area contributed by atoms with E-state index in [4.69, 9.17) is 0 Å². The van der Waals surface area contributed by atoms with Crippen molar-refractivity contribution in [2.45, 2.75) is 62.3 Å². The summed E-state index contributed by atoms with van der Waals surface area (Å²) in [5, 5.41) is 4.87. The molecule has 3 aromatic rings. The summed E-state index contributed by atoms with van der Waals surface area (Å²) in [5.74, 6) is 0. The first-order chi connectivity index (χ1) is 14.1. The molecule has 0 atom stereocenters. The Morgan fingerprint density at radius 1 is 0.433 bits per heavy atom. The predicted octanol–water partition coefficient (Wildman–Crippen LogP) is 4.22. The molecule has 3 aromatic carbocycles. The second kappa shape index (κ2) is 9.21. The number of hydrogen-bond acceptors (Lipinski definition) is 0. The number of hydrogen-bond donors (Lipinski definition) is 0. The average Bonchev–Trinajstić information content (AvgIpc) is 2.59. The molecule has 3 rings (SSSR count). The van der Waals surface area contributed by atoms with Gasteiger partial charge in [0.05, 0.1) is 25.9 Å². The molecule has 0 aliphatic carbocycles. The number of benzene rings is 3. The first kappa shape index (κ1) is 23.0. The molecule has 3 heteroatoms. The van der Waals surface area contributed by atoms with E-state index in [-0.39, 0.29) is 0 Å². The molecule has 0 nitrogen and oxygen atoms in total. The van der Waals surface area contributed by atoms with Gasteiger partial charge in [-0.1, -0.05) is 102 Å². The van der Waals surface area contributed by atoms with E-state index in [9.17, 15) is 0 Å². The van der Waals surface area contributed by atoms with Crippen molar-refractivity contribution in [1.29, 1.82) is 0 Å². The minimum atomic E-state index is -0.762. The van der Waals surface area contributed by atoms with E-state index in [1.165, 1.54) is 50.1 Å². The topological polar surface area (TPSA) is 0 Å². The molecular formula is C27H33Si3. The van der Waals surface area contributed by atoms with Crippen molar-refractivity contribution in [3.63, 3.8) is 0 Å². The fourth-order valence-electron chi connectivity index (χ4n) is 4.73. The Morgan fingerprint density at radius 3 is 1.00 bits per heavy atom. The van der Waals surface area contributed by atoms with Gasteiger partial charge in [-0.05, 0) is 62.3 Å². The standard InChI is InChI=1S/C27H33Si3/c1-16-10-19(4)25(20(5)11-16)28-30(27-23(8)14-18(3)15-24(27)9)29-26-21(6)12-17(2)13-22(26)7/h10-15H,1-9H3. The summed E-state index contributed by atoms with van der Waals surface area (Å²) >= 11 is 0. The Hall–Kier alpha value is -1.69. The molecule has 0 saturated heterocycles. The van der Waals surface area contributed by atoms with Crippen LogP contribution in [-0.4, -0.2) is 25.9 Å². The SMILES string of the molecule is Cc1cc(C)c([Si][Si]([Si]c2c(C)cc(C)cc2C)c2c(C)cc(C)cc2C)c(C)c1. The summed E-state index contributed by atoms with van der Waals surface area (Å²) in [7, 11) is 1.01. The smallest absolute Gasteiger partial charge is 0.0616 e. The average molecular weight is 442 g/mol. The van der Waals surface area contributed by atoms with Crippen LogP contribution in [0.25, 0.3) is 0 Å². The lowest BCUT2D eigenvalue weighted by atomic mass is 10.1. The van der Waals surface area contributed by atoms with Gasteiger partial charge in [-0.25, -0.2) is 0 Å². The zero-order valence-corrected chi connectivity index (χ0v) is 23.0. The van der Waals surface area contributed by atoms with Crippen molar-refractivity contribution in [1.82, 2.24) is 0 Å². The minimum Gasteiger partial charge on any atom is -0.0616 e. The van der Waals surface area contributed by atoms with Gasteiger partial charge in [0.1, 0.15) is 0 Å². The van der Waals surface area contributed by atoms with Crippen molar-refractivity contribution >= 4 is 41.5 Å². The monoisotopic (exact) mass is 441 g/mol. The molecule has 0 N–H and O–H groups in total. The summed E-state index contributed by atoms with van der Waals surface area (Å²) in [6.07, 6.45) is 0. The Morgan fingerprint density at radius 2 is 0.700 bits per heavy atom. The fourth-order valence-corrected chi connectivity index (χ4v) is 17.5. The first-order valence-corrected chi connectivity index (χ1v) is 16.2. The molecule has 0 aromatic heterocycles. The van der Waals surface area contributed by atoms with Crippen LogP contribution in [-0.2, 0) is 0 Å². The maximum atomic E-state index is 2.39. The molecule has 5 radical (unpaired) electrons. The number of rotatable bonds is 5. The van der Waals surface area contributed by atoms with E-state index in [1.54, 1.807) is 15.6 Å². The number of aryl methyl sites for hydroxylation is 9. The van der Waals surface area contributed by atoms with Crippen molar-refractivity contribution in [2.75, 3.05) is 0 Å². The molecule has 153 valence electrons. The Bertz CT molecular complexity index is 967. The van der Waals surface area contributed by atoms with E-state index < -0.39 is 7.83 Å². The molecule has 0 fully saturated rings. The van der Waals surface area contributed by atoms with Crippen molar-refractivity contribution < 1.29 is 0 Å². The van der Waals surface area contributed by atoms with Gasteiger partial charge in [-0.3, -0.25) is 0 Å². The highest BCUT2D eigenvalue weighted by Gasteiger charge is 2.24. The van der Waals surface area contributed by atoms with Crippen LogP contribution in [0, 0.1) is 62.3 Å². The lowest BCUT2D eigenvalue weighted by Gasteiger charge is -2.24. The van der Waals surface area contributed by atoms with Gasteiger partial charge in [0.25, 0.3) is 0 Å². The molecule has 0 bridgehead atoms. The van der Waals surface area contributed by atoms with E-state index in [0.717, 1.165) is 18.1 Å². The highest BCUT2D eigenvalue weighted by molar-refractivity contribution is 7.50. The van der Waals surface area contributed by atoms with Gasteiger partial charge >= 0.3 is 0 Å². The van der Waals surface area contributed by atoms with Crippen LogP contribution in [0.15, 0.2) is 36.4 Å². The molecule has 30 heavy (non-hydrogen) atoms. The van der Waals surface area contributed by atoms with Gasteiger partial charge in [0.2, 0.25) is 0 Å². The van der Waals surface area contributed by atoms with Crippen molar-refractivity contribution in [2.24, 2.45) is 0 Å². The molecule has 0 unspecified atom stereocenters. The largest absolute Gasteiger partial charge is 0.0719 e. The van der Waals surface area contributed by atoms with Gasteiger partial charge in [0, 0.05) is 0 Å². The van der Waals surface area contributed by atoms with Crippen LogP contribution in [0.1, 0.15) is 50.1 Å². The molecule has 0 amide bonds. The maximum Gasteiger partial charge on any atom is 0.0719 e. The zero-order valence-electron chi connectivity index (χ0n) is 20.0. The lowest BCUT2D eigenvalue weighted by Crippen LogP contribution is -2.54. The summed E-state index contributed by atoms with van der Waals surface area (Å²) in [4.78, 5) is 0. The summed E-state index contributed by atoms with van der Waals surface area (Å²) in [5.41, 5.74) is 13.0. The van der Waals surface area contributed by atoms with E-state index in [0.29, 0.717) is 0 Å². The summed E-state index contributed by atoms with van der Waals surface area (Å²) in [6.45, 7) is 20.6. The Labute approximate surface area is 190 Å². The fraction of sp³-hybridized carbons (Fsp3) is 0.333. The van der Waals surface area contributed by atoms with Crippen molar-refractivity contribution in [3.05, 3.63) is 86.5 Å². The molecular weight excluding hydrogens is 409 g/mol. The van der Waals surface area contributed by atoms with Crippen LogP contribution in [0.2, 0.25) is 0 Å². The third-order valence-corrected chi connectivity index (χ3v) is 16.4. The van der Waals surface area contributed by atoms with Crippen LogP contribution in [0.4, 0.5) is 0 Å². The van der Waals surface area contributed by atoms with E-state index in [1.807, 2.05) is 0 Å². The van der Waals surface area contributed by atoms with Crippen LogP contribution < -0.4 is 15.6 Å². The third kappa shape index (κ3) is 4.96. The lowest BCUT2D eigenvalue weighted by molar-refractivity contribution is 1.35. The third-order valence-electron chi connectivity index (χ3n) is 5.78. The summed E-state index contributed by atoms with van der Waals surface area (Å²) in [6, 6.07) is 14.3. The molecule has 0 saturated carbocycles. The van der Waals surface area contributed by atoms with Gasteiger partial charge < -0.3 is 0 Å². The molecule has 0 spiro atoms. The Balaban J connectivity index is 2.14. The van der Waals surface area contributed by atoms with E-state index >= 15 is 0 Å². The van der Waals surface area contributed by atoms with Gasteiger partial charge in [-0.2, -0.15) is 0 Å². The van der Waals surface area contributed by atoms with Crippen LogP contribution in [0.3, 0.4) is 0 Å². The van der Waals surface area contributed by atoms with Crippen LogP contribution in [0.5, 0.6) is 0 Å². The zero-order chi connectivity index (χ0) is 22.2. The predicted molar refractivity (Wildman–Crippen MR) is 138 cm³/mol. The van der Waals surface area contributed by atoms with Crippen molar-refractivity contribution in [3.8, 4) is 0 Å². The summed E-state index contributed by atoms with van der Waals surface area (Å²) < 4.78 is 0. The van der Waals surface area contributed by atoms with Gasteiger partial charge in [-0.15, -0.1) is 0 Å². The highest BCUT2D eigenvalue weighted by Crippen LogP contribution is 2.11. The van der Waals surface area contributed by atoms with E-state index in [2.05, 4.69) is 98.7 Å². The normalized spacial score (nSPS) is 11.4. The van der Waals surface area contributed by atoms with Gasteiger partial charge in [0.15, 0.2) is 0 Å².